The lowest BCUT2D eigenvalue weighted by Gasteiger charge is -2.37. The number of fused-ring (bicyclic) bond motifs is 3. The zero-order valence-electron chi connectivity index (χ0n) is 12.5. The topological polar surface area (TPSA) is 77.5 Å². The fourth-order valence-corrected chi connectivity index (χ4v) is 3.04. The molecule has 1 aromatic carbocycles. The molecule has 0 aliphatic carbocycles. The van der Waals surface area contributed by atoms with Gasteiger partial charge in [0, 0.05) is 31.9 Å². The van der Waals surface area contributed by atoms with Crippen LogP contribution < -0.4 is 10.6 Å². The molecule has 7 nitrogen and oxygen atoms in total. The number of piperazine rings is 1. The third-order valence-corrected chi connectivity index (χ3v) is 4.30. The number of nitrogens with two attached hydrogens (primary N) is 1. The summed E-state index contributed by atoms with van der Waals surface area (Å²) in [7, 11) is 2.11. The summed E-state index contributed by atoms with van der Waals surface area (Å²) in [5.41, 5.74) is 8.25. The fourth-order valence-electron chi connectivity index (χ4n) is 3.04. The second kappa shape index (κ2) is 4.81. The first-order valence-corrected chi connectivity index (χ1v) is 7.43. The molecule has 1 saturated heterocycles. The first-order valence-electron chi connectivity index (χ1n) is 7.43. The number of nitrogens with zero attached hydrogens (tertiary/aromatic N) is 5. The van der Waals surface area contributed by atoms with E-state index in [1.165, 1.54) is 0 Å². The van der Waals surface area contributed by atoms with Gasteiger partial charge in [-0.05, 0) is 25.2 Å². The number of carbonyl (C=O) groups excluding carboxylic acids is 1. The number of hydrogen-bond donors (Lipinski definition) is 1. The zero-order chi connectivity index (χ0) is 15.3. The summed E-state index contributed by atoms with van der Waals surface area (Å²) in [6, 6.07) is 5.60. The van der Waals surface area contributed by atoms with Crippen LogP contribution in [-0.4, -0.2) is 67.1 Å². The van der Waals surface area contributed by atoms with Crippen LogP contribution in [0.2, 0.25) is 0 Å². The molecule has 3 aliphatic heterocycles. The Bertz CT molecular complexity index is 702. The number of benzene rings is 1. The van der Waals surface area contributed by atoms with Gasteiger partial charge < -0.3 is 20.4 Å². The number of hydrogen-bond acceptors (Lipinski definition) is 6. The maximum Gasteiger partial charge on any atom is 0.267 e. The molecule has 0 bridgehead atoms. The van der Waals surface area contributed by atoms with E-state index in [4.69, 9.17) is 10.7 Å². The van der Waals surface area contributed by atoms with E-state index in [0.29, 0.717) is 11.5 Å². The van der Waals surface area contributed by atoms with E-state index in [0.717, 1.165) is 43.4 Å². The lowest BCUT2D eigenvalue weighted by Crippen LogP contribution is -2.52. The van der Waals surface area contributed by atoms with Crippen molar-refractivity contribution < 1.29 is 4.79 Å². The monoisotopic (exact) mass is 298 g/mol. The third kappa shape index (κ3) is 2.05. The molecule has 0 aromatic heterocycles. The predicted molar refractivity (Wildman–Crippen MR) is 86.8 cm³/mol. The van der Waals surface area contributed by atoms with Crippen LogP contribution in [0.5, 0.6) is 0 Å². The van der Waals surface area contributed by atoms with E-state index >= 15 is 0 Å². The standard InChI is InChI=1S/C15H18N6O/c1-19-4-6-20(7-5-19)14-15-18-13(22)9-21(15)12-8-10(16)2-3-11(12)17-14/h2-3,8H,4-7,9,16H2,1H3. The van der Waals surface area contributed by atoms with Gasteiger partial charge in [-0.3, -0.25) is 4.79 Å². The number of amidine groups is 2. The fraction of sp³-hybridized carbons (Fsp3) is 0.400. The Labute approximate surface area is 128 Å². The van der Waals surface area contributed by atoms with Crippen molar-refractivity contribution in [1.82, 2.24) is 9.80 Å². The highest BCUT2D eigenvalue weighted by molar-refractivity contribution is 6.50. The van der Waals surface area contributed by atoms with Crippen molar-refractivity contribution >= 4 is 34.6 Å². The number of rotatable bonds is 0. The molecule has 22 heavy (non-hydrogen) atoms. The normalized spacial score (nSPS) is 21.4. The SMILES string of the molecule is CN1CCN(C2=Nc3ccc(N)cc3N3CC(=O)N=C23)CC1. The van der Waals surface area contributed by atoms with Gasteiger partial charge in [-0.2, -0.15) is 4.99 Å². The van der Waals surface area contributed by atoms with Crippen molar-refractivity contribution in [3.05, 3.63) is 18.2 Å². The Morgan fingerprint density at radius 1 is 1.09 bits per heavy atom. The molecule has 0 atom stereocenters. The Morgan fingerprint density at radius 3 is 2.64 bits per heavy atom. The van der Waals surface area contributed by atoms with Crippen LogP contribution in [0.4, 0.5) is 17.1 Å². The second-order valence-corrected chi connectivity index (χ2v) is 5.89. The van der Waals surface area contributed by atoms with E-state index in [9.17, 15) is 4.79 Å². The average molecular weight is 298 g/mol. The molecule has 0 spiro atoms. The van der Waals surface area contributed by atoms with Crippen LogP contribution in [0.15, 0.2) is 28.2 Å². The third-order valence-electron chi connectivity index (χ3n) is 4.30. The molecular formula is C15H18N6O. The minimum absolute atomic E-state index is 0.132. The van der Waals surface area contributed by atoms with Gasteiger partial charge in [-0.1, -0.05) is 0 Å². The van der Waals surface area contributed by atoms with Gasteiger partial charge in [-0.15, -0.1) is 0 Å². The maximum absolute atomic E-state index is 11.8. The van der Waals surface area contributed by atoms with Gasteiger partial charge in [0.15, 0.2) is 11.7 Å². The van der Waals surface area contributed by atoms with Gasteiger partial charge in [0.05, 0.1) is 11.4 Å². The molecule has 2 N–H and O–H groups in total. The molecule has 7 heteroatoms. The van der Waals surface area contributed by atoms with Crippen molar-refractivity contribution in [1.29, 1.82) is 0 Å². The zero-order valence-corrected chi connectivity index (χ0v) is 12.5. The number of amides is 1. The largest absolute Gasteiger partial charge is 0.399 e. The summed E-state index contributed by atoms with van der Waals surface area (Å²) in [6.07, 6.45) is 0. The molecule has 0 radical (unpaired) electrons. The molecule has 4 rings (SSSR count). The molecule has 3 heterocycles. The van der Waals surface area contributed by atoms with Crippen LogP contribution in [0.3, 0.4) is 0 Å². The summed E-state index contributed by atoms with van der Waals surface area (Å²) >= 11 is 0. The van der Waals surface area contributed by atoms with Gasteiger partial charge in [0.25, 0.3) is 5.91 Å². The Kier molecular flexibility index (Phi) is 2.90. The van der Waals surface area contributed by atoms with Crippen molar-refractivity contribution in [3.8, 4) is 0 Å². The van der Waals surface area contributed by atoms with Gasteiger partial charge >= 0.3 is 0 Å². The molecule has 1 fully saturated rings. The van der Waals surface area contributed by atoms with E-state index < -0.39 is 0 Å². The first-order chi connectivity index (χ1) is 10.6. The molecule has 114 valence electrons. The summed E-state index contributed by atoms with van der Waals surface area (Å²) < 4.78 is 0. The minimum Gasteiger partial charge on any atom is -0.399 e. The number of carbonyl (C=O) groups is 1. The summed E-state index contributed by atoms with van der Waals surface area (Å²) in [6.45, 7) is 4.00. The van der Waals surface area contributed by atoms with Crippen molar-refractivity contribution in [2.75, 3.05) is 50.4 Å². The van der Waals surface area contributed by atoms with Crippen LogP contribution in [0.1, 0.15) is 0 Å². The Morgan fingerprint density at radius 2 is 1.86 bits per heavy atom. The van der Waals surface area contributed by atoms with Crippen LogP contribution in [0, 0.1) is 0 Å². The molecule has 0 saturated carbocycles. The predicted octanol–water partition coefficient (Wildman–Crippen LogP) is 0.305. The summed E-state index contributed by atoms with van der Waals surface area (Å²) in [5, 5.41) is 0. The quantitative estimate of drug-likeness (QED) is 0.697. The van der Waals surface area contributed by atoms with Gasteiger partial charge in [-0.25, -0.2) is 4.99 Å². The highest BCUT2D eigenvalue weighted by Gasteiger charge is 2.36. The lowest BCUT2D eigenvalue weighted by molar-refractivity contribution is -0.115. The van der Waals surface area contributed by atoms with E-state index in [1.54, 1.807) is 0 Å². The van der Waals surface area contributed by atoms with E-state index in [1.807, 2.05) is 23.1 Å². The second-order valence-electron chi connectivity index (χ2n) is 5.89. The van der Waals surface area contributed by atoms with E-state index in [2.05, 4.69) is 21.8 Å². The lowest BCUT2D eigenvalue weighted by atomic mass is 10.1. The Hall–Kier alpha value is -2.41. The number of aliphatic imine (C=N–C) groups is 2. The van der Waals surface area contributed by atoms with Crippen LogP contribution in [0.25, 0.3) is 0 Å². The average Bonchev–Trinajstić information content (AvgIpc) is 2.89. The molecule has 1 aromatic rings. The van der Waals surface area contributed by atoms with Crippen LogP contribution >= 0.6 is 0 Å². The van der Waals surface area contributed by atoms with Crippen molar-refractivity contribution in [2.24, 2.45) is 9.98 Å². The van der Waals surface area contributed by atoms with Crippen molar-refractivity contribution in [2.45, 2.75) is 0 Å². The van der Waals surface area contributed by atoms with Gasteiger partial charge in [0.2, 0.25) is 0 Å². The van der Waals surface area contributed by atoms with Gasteiger partial charge in [0.1, 0.15) is 6.54 Å². The summed E-state index contributed by atoms with van der Waals surface area (Å²) in [4.78, 5) is 27.2. The van der Waals surface area contributed by atoms with Crippen LogP contribution in [-0.2, 0) is 4.79 Å². The summed E-state index contributed by atoms with van der Waals surface area (Å²) in [5.74, 6) is 1.33. The van der Waals surface area contributed by atoms with Crippen molar-refractivity contribution in [3.63, 3.8) is 0 Å². The highest BCUT2D eigenvalue weighted by atomic mass is 16.2. The molecule has 0 unspecified atom stereocenters. The minimum atomic E-state index is -0.132. The molecule has 1 amide bonds. The Balaban J connectivity index is 1.78. The molecular weight excluding hydrogens is 280 g/mol. The maximum atomic E-state index is 11.8. The smallest absolute Gasteiger partial charge is 0.267 e. The molecule has 3 aliphatic rings. The highest BCUT2D eigenvalue weighted by Crippen LogP contribution is 2.36. The number of anilines is 2. The van der Waals surface area contributed by atoms with E-state index in [-0.39, 0.29) is 12.5 Å². The first kappa shape index (κ1) is 13.3. The number of nitrogen functional groups attached to an aromatic ring is 1. The number of likely N-dealkylation sites (N-methyl/N-ethyl adjacent to an activating group) is 1.